The summed E-state index contributed by atoms with van der Waals surface area (Å²) >= 11 is 0. The predicted octanol–water partition coefficient (Wildman–Crippen LogP) is 2.55. The van der Waals surface area contributed by atoms with Crippen LogP contribution in [0.2, 0.25) is 0 Å². The van der Waals surface area contributed by atoms with Crippen LogP contribution in [0, 0.1) is 0 Å². The van der Waals surface area contributed by atoms with Gasteiger partial charge in [0, 0.05) is 12.1 Å². The van der Waals surface area contributed by atoms with Gasteiger partial charge in [-0.2, -0.15) is 0 Å². The monoisotopic (exact) mass is 266 g/mol. The molecule has 0 aromatic rings. The van der Waals surface area contributed by atoms with E-state index in [9.17, 15) is 0 Å². The molecule has 19 heavy (non-hydrogen) atoms. The lowest BCUT2D eigenvalue weighted by Gasteiger charge is -2.40. The summed E-state index contributed by atoms with van der Waals surface area (Å²) < 4.78 is 6.43. The molecule has 3 heteroatoms. The summed E-state index contributed by atoms with van der Waals surface area (Å²) in [7, 11) is 2.10. The van der Waals surface area contributed by atoms with Gasteiger partial charge in [0.15, 0.2) is 0 Å². The third-order valence-electron chi connectivity index (χ3n) is 5.88. The molecule has 0 radical (unpaired) electrons. The number of hydrogen-bond donors (Lipinski definition) is 1. The van der Waals surface area contributed by atoms with Crippen LogP contribution in [0.1, 0.15) is 58.3 Å². The van der Waals surface area contributed by atoms with Gasteiger partial charge in [0.2, 0.25) is 0 Å². The second kappa shape index (κ2) is 5.34. The number of rotatable bonds is 3. The average molecular weight is 266 g/mol. The van der Waals surface area contributed by atoms with Gasteiger partial charge in [-0.3, -0.25) is 0 Å². The number of ether oxygens (including phenoxy) is 1. The lowest BCUT2D eigenvalue weighted by molar-refractivity contribution is -0.0506. The Bertz CT molecular complexity index is 304. The quantitative estimate of drug-likeness (QED) is 0.849. The minimum Gasteiger partial charge on any atom is -0.370 e. The Morgan fingerprint density at radius 2 is 1.79 bits per heavy atom. The maximum atomic E-state index is 6.43. The van der Waals surface area contributed by atoms with Crippen LogP contribution >= 0.6 is 0 Å². The molecule has 3 fully saturated rings. The smallest absolute Gasteiger partial charge is 0.0710 e. The van der Waals surface area contributed by atoms with E-state index in [1.165, 1.54) is 71.0 Å². The fraction of sp³-hybridized carbons (Fsp3) is 1.00. The Labute approximate surface area is 118 Å². The van der Waals surface area contributed by atoms with Crippen molar-refractivity contribution >= 4 is 0 Å². The predicted molar refractivity (Wildman–Crippen MR) is 78.4 cm³/mol. The molecule has 110 valence electrons. The molecule has 0 bridgehead atoms. The van der Waals surface area contributed by atoms with Crippen molar-refractivity contribution in [1.82, 2.24) is 10.2 Å². The molecular weight excluding hydrogens is 236 g/mol. The summed E-state index contributed by atoms with van der Waals surface area (Å²) in [6, 6.07) is 0. The highest BCUT2D eigenvalue weighted by Crippen LogP contribution is 2.43. The van der Waals surface area contributed by atoms with Crippen molar-refractivity contribution in [2.24, 2.45) is 0 Å². The Kier molecular flexibility index (Phi) is 3.89. The Balaban J connectivity index is 1.46. The summed E-state index contributed by atoms with van der Waals surface area (Å²) in [5, 5.41) is 3.48. The molecule has 1 saturated carbocycles. The molecule has 0 aromatic carbocycles. The summed E-state index contributed by atoms with van der Waals surface area (Å²) in [5.41, 5.74) is 0.666. The highest BCUT2D eigenvalue weighted by Gasteiger charge is 2.42. The Hall–Kier alpha value is -0.120. The first-order valence-corrected chi connectivity index (χ1v) is 8.22. The van der Waals surface area contributed by atoms with Gasteiger partial charge in [-0.05, 0) is 65.6 Å². The molecule has 2 aliphatic heterocycles. The van der Waals surface area contributed by atoms with Gasteiger partial charge in [0.05, 0.1) is 11.7 Å². The van der Waals surface area contributed by atoms with Crippen LogP contribution < -0.4 is 5.32 Å². The van der Waals surface area contributed by atoms with Crippen LogP contribution in [-0.4, -0.2) is 48.8 Å². The highest BCUT2D eigenvalue weighted by molar-refractivity contribution is 4.94. The van der Waals surface area contributed by atoms with Crippen molar-refractivity contribution < 1.29 is 4.74 Å². The van der Waals surface area contributed by atoms with Crippen molar-refractivity contribution in [3.63, 3.8) is 0 Å². The molecule has 3 aliphatic rings. The van der Waals surface area contributed by atoms with Crippen molar-refractivity contribution in [2.45, 2.75) is 75.5 Å². The van der Waals surface area contributed by atoms with E-state index in [1.807, 2.05) is 0 Å². The molecule has 3 rings (SSSR count). The summed E-state index contributed by atoms with van der Waals surface area (Å²) in [6.45, 7) is 5.97. The molecule has 2 saturated heterocycles. The van der Waals surface area contributed by atoms with E-state index >= 15 is 0 Å². The van der Waals surface area contributed by atoms with Crippen molar-refractivity contribution in [2.75, 3.05) is 26.7 Å². The molecule has 0 amide bonds. The van der Waals surface area contributed by atoms with E-state index in [0.29, 0.717) is 17.2 Å². The molecule has 0 aromatic heterocycles. The molecule has 1 unspecified atom stereocenters. The van der Waals surface area contributed by atoms with Gasteiger partial charge in [-0.15, -0.1) is 0 Å². The SMILES string of the molecule is CNC1(C)CCN(CC2CCC3(CCCC3)O2)CC1. The van der Waals surface area contributed by atoms with Gasteiger partial charge in [0.25, 0.3) is 0 Å². The lowest BCUT2D eigenvalue weighted by Crippen LogP contribution is -2.51. The fourth-order valence-electron chi connectivity index (χ4n) is 4.18. The van der Waals surface area contributed by atoms with E-state index in [0.717, 1.165) is 0 Å². The van der Waals surface area contributed by atoms with E-state index in [-0.39, 0.29) is 0 Å². The third-order valence-corrected chi connectivity index (χ3v) is 5.88. The van der Waals surface area contributed by atoms with Crippen molar-refractivity contribution in [1.29, 1.82) is 0 Å². The normalized spacial score (nSPS) is 34.1. The topological polar surface area (TPSA) is 24.5 Å². The van der Waals surface area contributed by atoms with Crippen LogP contribution in [-0.2, 0) is 4.74 Å². The van der Waals surface area contributed by atoms with E-state index in [1.54, 1.807) is 0 Å². The van der Waals surface area contributed by atoms with E-state index in [4.69, 9.17) is 4.74 Å². The zero-order valence-electron chi connectivity index (χ0n) is 12.7. The van der Waals surface area contributed by atoms with E-state index in [2.05, 4.69) is 24.2 Å². The molecular formula is C16H30N2O. The first-order chi connectivity index (χ1) is 9.13. The van der Waals surface area contributed by atoms with Crippen molar-refractivity contribution in [3.8, 4) is 0 Å². The molecule has 1 N–H and O–H groups in total. The Morgan fingerprint density at radius 3 is 2.42 bits per heavy atom. The van der Waals surface area contributed by atoms with Gasteiger partial charge in [-0.25, -0.2) is 0 Å². The number of piperidine rings is 1. The Morgan fingerprint density at radius 1 is 1.11 bits per heavy atom. The maximum absolute atomic E-state index is 6.43. The first-order valence-electron chi connectivity index (χ1n) is 8.22. The summed E-state index contributed by atoms with van der Waals surface area (Å²) in [6.07, 6.45) is 11.1. The second-order valence-electron chi connectivity index (χ2n) is 7.28. The number of nitrogens with zero attached hydrogens (tertiary/aromatic N) is 1. The zero-order chi connectivity index (χ0) is 13.3. The van der Waals surface area contributed by atoms with Crippen LogP contribution in [0.4, 0.5) is 0 Å². The summed E-state index contributed by atoms with van der Waals surface area (Å²) in [4.78, 5) is 2.62. The van der Waals surface area contributed by atoms with Crippen LogP contribution in [0.5, 0.6) is 0 Å². The van der Waals surface area contributed by atoms with Crippen LogP contribution in [0.15, 0.2) is 0 Å². The molecule has 3 nitrogen and oxygen atoms in total. The fourth-order valence-corrected chi connectivity index (χ4v) is 4.18. The number of likely N-dealkylation sites (tertiary alicyclic amines) is 1. The standard InChI is InChI=1S/C16H30N2O/c1-15(17-2)9-11-18(12-10-15)13-14-5-8-16(19-14)6-3-4-7-16/h14,17H,3-13H2,1-2H3. The third kappa shape index (κ3) is 2.98. The van der Waals surface area contributed by atoms with Gasteiger partial charge in [0.1, 0.15) is 0 Å². The van der Waals surface area contributed by atoms with Crippen molar-refractivity contribution in [3.05, 3.63) is 0 Å². The van der Waals surface area contributed by atoms with Crippen LogP contribution in [0.3, 0.4) is 0 Å². The number of hydrogen-bond acceptors (Lipinski definition) is 3. The van der Waals surface area contributed by atoms with E-state index < -0.39 is 0 Å². The molecule has 1 aliphatic carbocycles. The molecule has 2 heterocycles. The maximum Gasteiger partial charge on any atom is 0.0710 e. The largest absolute Gasteiger partial charge is 0.370 e. The van der Waals surface area contributed by atoms with Gasteiger partial charge in [-0.1, -0.05) is 12.8 Å². The second-order valence-corrected chi connectivity index (χ2v) is 7.28. The molecule has 1 spiro atoms. The lowest BCUT2D eigenvalue weighted by atomic mass is 9.90. The zero-order valence-corrected chi connectivity index (χ0v) is 12.7. The summed E-state index contributed by atoms with van der Waals surface area (Å²) in [5.74, 6) is 0. The first kappa shape index (κ1) is 13.8. The highest BCUT2D eigenvalue weighted by atomic mass is 16.5. The average Bonchev–Trinajstić information content (AvgIpc) is 3.04. The van der Waals surface area contributed by atoms with Crippen LogP contribution in [0.25, 0.3) is 0 Å². The molecule has 1 atom stereocenters. The number of nitrogens with one attached hydrogen (secondary N) is 1. The van der Waals surface area contributed by atoms with Gasteiger partial charge < -0.3 is 15.0 Å². The minimum atomic E-state index is 0.305. The van der Waals surface area contributed by atoms with Gasteiger partial charge >= 0.3 is 0 Å². The minimum absolute atomic E-state index is 0.305.